The van der Waals surface area contributed by atoms with Gasteiger partial charge in [0.25, 0.3) is 5.91 Å². The predicted molar refractivity (Wildman–Crippen MR) is 129 cm³/mol. The predicted octanol–water partition coefficient (Wildman–Crippen LogP) is 7.04. The molecule has 0 N–H and O–H groups in total. The second kappa shape index (κ2) is 11.1. The van der Waals surface area contributed by atoms with Crippen molar-refractivity contribution in [2.75, 3.05) is 13.1 Å². The largest absolute Gasteiger partial charge is 0.338 e. The summed E-state index contributed by atoms with van der Waals surface area (Å²) in [5, 5.41) is 9.51. The molecule has 0 saturated carbocycles. The van der Waals surface area contributed by atoms with E-state index < -0.39 is 29.2 Å². The number of benzene rings is 3. The molecule has 4 rings (SSSR count). The lowest BCUT2D eigenvalue weighted by Gasteiger charge is -2.23. The molecule has 3 aromatic rings. The Kier molecular flexibility index (Phi) is 7.95. The number of likely N-dealkylation sites (tertiary alicyclic amines) is 1. The fourth-order valence-corrected chi connectivity index (χ4v) is 5.06. The van der Waals surface area contributed by atoms with Gasteiger partial charge in [-0.15, -0.1) is 0 Å². The van der Waals surface area contributed by atoms with Crippen LogP contribution in [0.3, 0.4) is 0 Å². The van der Waals surface area contributed by atoms with Crippen molar-refractivity contribution >= 4 is 17.5 Å². The first-order valence-electron chi connectivity index (χ1n) is 11.6. The third kappa shape index (κ3) is 6.06. The number of rotatable bonds is 7. The number of nitriles is 1. The molecule has 1 fully saturated rings. The number of amides is 1. The van der Waals surface area contributed by atoms with E-state index in [-0.39, 0.29) is 23.0 Å². The molecular weight excluding hydrogens is 492 g/mol. The molecule has 186 valence electrons. The lowest BCUT2D eigenvalue weighted by Crippen LogP contribution is -2.29. The molecule has 0 bridgehead atoms. The molecule has 1 aliphatic rings. The average molecular weight is 515 g/mol. The average Bonchev–Trinajstić information content (AvgIpc) is 3.31. The zero-order valence-corrected chi connectivity index (χ0v) is 20.0. The summed E-state index contributed by atoms with van der Waals surface area (Å²) in [5.41, 5.74) is 1.45. The number of hydrogen-bond acceptors (Lipinski definition) is 2. The minimum Gasteiger partial charge on any atom is -0.338 e. The van der Waals surface area contributed by atoms with E-state index in [9.17, 15) is 27.6 Å². The van der Waals surface area contributed by atoms with Gasteiger partial charge in [0.15, 0.2) is 0 Å². The van der Waals surface area contributed by atoms with Gasteiger partial charge in [0.1, 0.15) is 29.3 Å². The summed E-state index contributed by atoms with van der Waals surface area (Å²) in [7, 11) is 0. The van der Waals surface area contributed by atoms with Gasteiger partial charge in [-0.3, -0.25) is 4.79 Å². The van der Waals surface area contributed by atoms with Gasteiger partial charge >= 0.3 is 0 Å². The molecule has 3 aromatic carbocycles. The Morgan fingerprint density at radius 1 is 1.03 bits per heavy atom. The number of aryl methyl sites for hydroxylation is 1. The lowest BCUT2D eigenvalue weighted by atomic mass is 9.84. The lowest BCUT2D eigenvalue weighted by molar-refractivity contribution is 0.0785. The summed E-state index contributed by atoms with van der Waals surface area (Å²) in [6, 6.07) is 13.3. The van der Waals surface area contributed by atoms with Crippen molar-refractivity contribution in [1.29, 1.82) is 5.26 Å². The standard InChI is InChI=1S/C28H23ClF4N2O/c29-26-13-19(2-4-21(26)15-34)18(1-3-20-10-23(30)5-6-27(20)33)9-17-7-8-35(16-17)28(36)22-11-24(31)14-25(32)12-22/h2,4-6,10-14,17-18H,1,3,7-9,16H2/t17-,18?/m1/s1. The zero-order valence-electron chi connectivity index (χ0n) is 19.3. The highest BCUT2D eigenvalue weighted by Crippen LogP contribution is 2.35. The van der Waals surface area contributed by atoms with E-state index in [1.54, 1.807) is 17.0 Å². The topological polar surface area (TPSA) is 44.1 Å². The molecule has 0 spiro atoms. The van der Waals surface area contributed by atoms with Crippen molar-refractivity contribution in [3.63, 3.8) is 0 Å². The van der Waals surface area contributed by atoms with Crippen molar-refractivity contribution in [2.45, 2.75) is 31.6 Å². The number of halogens is 5. The molecule has 0 radical (unpaired) electrons. The molecule has 1 saturated heterocycles. The monoisotopic (exact) mass is 514 g/mol. The van der Waals surface area contributed by atoms with Crippen LogP contribution in [0.4, 0.5) is 17.6 Å². The normalized spacial score (nSPS) is 16.1. The fourth-order valence-electron chi connectivity index (χ4n) is 4.83. The minimum absolute atomic E-state index is 0.0369. The summed E-state index contributed by atoms with van der Waals surface area (Å²) >= 11 is 6.27. The van der Waals surface area contributed by atoms with Gasteiger partial charge in [-0.25, -0.2) is 17.6 Å². The molecule has 2 atom stereocenters. The fraction of sp³-hybridized carbons (Fsp3) is 0.286. The third-order valence-electron chi connectivity index (χ3n) is 6.66. The summed E-state index contributed by atoms with van der Waals surface area (Å²) in [4.78, 5) is 14.4. The first kappa shape index (κ1) is 25.7. The highest BCUT2D eigenvalue weighted by molar-refractivity contribution is 6.31. The molecule has 3 nitrogen and oxygen atoms in total. The molecule has 1 heterocycles. The van der Waals surface area contributed by atoms with E-state index in [0.717, 1.165) is 35.9 Å². The van der Waals surface area contributed by atoms with Gasteiger partial charge in [-0.1, -0.05) is 17.7 Å². The quantitative estimate of drug-likeness (QED) is 0.317. The van der Waals surface area contributed by atoms with Crippen molar-refractivity contribution in [3.05, 3.63) is 105 Å². The van der Waals surface area contributed by atoms with Gasteiger partial charge in [0.2, 0.25) is 0 Å². The van der Waals surface area contributed by atoms with E-state index in [1.807, 2.05) is 12.1 Å². The van der Waals surface area contributed by atoms with Gasteiger partial charge in [0.05, 0.1) is 10.6 Å². The van der Waals surface area contributed by atoms with Gasteiger partial charge in [0, 0.05) is 24.7 Å². The van der Waals surface area contributed by atoms with E-state index >= 15 is 0 Å². The van der Waals surface area contributed by atoms with E-state index in [4.69, 9.17) is 11.6 Å². The molecule has 1 unspecified atom stereocenters. The van der Waals surface area contributed by atoms with Crippen LogP contribution in [0.25, 0.3) is 0 Å². The van der Waals surface area contributed by atoms with E-state index in [0.29, 0.717) is 49.4 Å². The van der Waals surface area contributed by atoms with Crippen molar-refractivity contribution in [1.82, 2.24) is 4.90 Å². The summed E-state index contributed by atoms with van der Waals surface area (Å²) < 4.78 is 55.1. The first-order chi connectivity index (χ1) is 17.2. The molecule has 0 aliphatic carbocycles. The van der Waals surface area contributed by atoms with Crippen LogP contribution in [-0.2, 0) is 6.42 Å². The van der Waals surface area contributed by atoms with Crippen LogP contribution in [0.2, 0.25) is 5.02 Å². The molecule has 1 aliphatic heterocycles. The summed E-state index contributed by atoms with van der Waals surface area (Å²) in [6.45, 7) is 0.854. The Balaban J connectivity index is 1.50. The maximum absolute atomic E-state index is 14.2. The highest BCUT2D eigenvalue weighted by Gasteiger charge is 2.30. The maximum Gasteiger partial charge on any atom is 0.254 e. The van der Waals surface area contributed by atoms with Crippen LogP contribution in [0, 0.1) is 40.5 Å². The second-order valence-corrected chi connectivity index (χ2v) is 9.53. The van der Waals surface area contributed by atoms with Crippen molar-refractivity contribution < 1.29 is 22.4 Å². The number of carbonyl (C=O) groups excluding carboxylic acids is 1. The first-order valence-corrected chi connectivity index (χ1v) is 12.0. The number of carbonyl (C=O) groups is 1. The van der Waals surface area contributed by atoms with Crippen LogP contribution in [-0.4, -0.2) is 23.9 Å². The summed E-state index contributed by atoms with van der Waals surface area (Å²) in [6.07, 6.45) is 2.13. The molecule has 8 heteroatoms. The summed E-state index contributed by atoms with van der Waals surface area (Å²) in [5.74, 6) is -3.05. The van der Waals surface area contributed by atoms with Crippen molar-refractivity contribution in [2.24, 2.45) is 5.92 Å². The maximum atomic E-state index is 14.2. The van der Waals surface area contributed by atoms with Crippen LogP contribution >= 0.6 is 11.6 Å². The molecular formula is C28H23ClF4N2O. The SMILES string of the molecule is N#Cc1ccc(C(CCc2cc(F)ccc2F)C[C@H]2CCN(C(=O)c3cc(F)cc(F)c3)C2)cc1Cl. The third-order valence-corrected chi connectivity index (χ3v) is 6.97. The Morgan fingerprint density at radius 2 is 1.78 bits per heavy atom. The van der Waals surface area contributed by atoms with Gasteiger partial charge < -0.3 is 4.90 Å². The Hall–Kier alpha value is -3.37. The van der Waals surface area contributed by atoms with E-state index in [2.05, 4.69) is 0 Å². The minimum atomic E-state index is -0.809. The van der Waals surface area contributed by atoms with Gasteiger partial charge in [-0.2, -0.15) is 5.26 Å². The van der Waals surface area contributed by atoms with Crippen molar-refractivity contribution in [3.8, 4) is 6.07 Å². The van der Waals surface area contributed by atoms with Crippen LogP contribution in [0.5, 0.6) is 0 Å². The van der Waals surface area contributed by atoms with Gasteiger partial charge in [-0.05, 0) is 91.1 Å². The van der Waals surface area contributed by atoms with E-state index in [1.165, 1.54) is 6.07 Å². The molecule has 1 amide bonds. The molecule has 36 heavy (non-hydrogen) atoms. The molecule has 0 aromatic heterocycles. The number of nitrogens with zero attached hydrogens (tertiary/aromatic N) is 2. The Bertz CT molecular complexity index is 1300. The Labute approximate surface area is 211 Å². The van der Waals surface area contributed by atoms with Crippen LogP contribution in [0.1, 0.15) is 52.2 Å². The zero-order chi connectivity index (χ0) is 25.8. The smallest absolute Gasteiger partial charge is 0.254 e. The van der Waals surface area contributed by atoms with Crippen LogP contribution < -0.4 is 0 Å². The highest BCUT2D eigenvalue weighted by atomic mass is 35.5. The second-order valence-electron chi connectivity index (χ2n) is 9.12. The Morgan fingerprint density at radius 3 is 2.47 bits per heavy atom. The van der Waals surface area contributed by atoms with Crippen LogP contribution in [0.15, 0.2) is 54.6 Å². The number of hydrogen-bond donors (Lipinski definition) is 0.